The van der Waals surface area contributed by atoms with Crippen molar-refractivity contribution >= 4 is 27.5 Å². The van der Waals surface area contributed by atoms with Gasteiger partial charge in [-0.15, -0.1) is 11.3 Å². The lowest BCUT2D eigenvalue weighted by Gasteiger charge is -2.06. The van der Waals surface area contributed by atoms with Gasteiger partial charge in [-0.25, -0.2) is 9.79 Å². The van der Waals surface area contributed by atoms with E-state index in [1.165, 1.54) is 10.8 Å². The molecule has 0 saturated carbocycles. The first-order valence-corrected chi connectivity index (χ1v) is 5.31. The molecule has 0 amide bonds. The SMILES string of the molecule is COc1c(CN=C=O)ccc2sccc12. The lowest BCUT2D eigenvalue weighted by molar-refractivity contribution is 0.415. The molecular formula is C11H9NO2S. The number of aliphatic imine (C=N–C) groups is 1. The Labute approximate surface area is 91.0 Å². The van der Waals surface area contributed by atoms with Crippen LogP contribution in [0.15, 0.2) is 28.6 Å². The molecule has 0 unspecified atom stereocenters. The van der Waals surface area contributed by atoms with Crippen molar-refractivity contribution in [2.75, 3.05) is 7.11 Å². The number of benzene rings is 1. The molecule has 0 spiro atoms. The Morgan fingerprint density at radius 1 is 1.47 bits per heavy atom. The maximum absolute atomic E-state index is 10.1. The summed E-state index contributed by atoms with van der Waals surface area (Å²) in [5.74, 6) is 0.799. The summed E-state index contributed by atoms with van der Waals surface area (Å²) in [6.45, 7) is 0.318. The summed E-state index contributed by atoms with van der Waals surface area (Å²) in [4.78, 5) is 13.6. The number of carbonyl (C=O) groups excluding carboxylic acids is 1. The maximum atomic E-state index is 10.1. The molecule has 0 fully saturated rings. The molecule has 1 aromatic carbocycles. The normalized spacial score (nSPS) is 9.93. The van der Waals surface area contributed by atoms with Crippen molar-refractivity contribution in [3.05, 3.63) is 29.1 Å². The van der Waals surface area contributed by atoms with Gasteiger partial charge in [0.15, 0.2) is 0 Å². The number of fused-ring (bicyclic) bond motifs is 1. The highest BCUT2D eigenvalue weighted by molar-refractivity contribution is 7.17. The third-order valence-electron chi connectivity index (χ3n) is 2.19. The second kappa shape index (κ2) is 4.26. The molecule has 4 heteroatoms. The minimum atomic E-state index is 0.318. The van der Waals surface area contributed by atoms with Crippen molar-refractivity contribution < 1.29 is 9.53 Å². The Morgan fingerprint density at radius 3 is 3.07 bits per heavy atom. The van der Waals surface area contributed by atoms with Gasteiger partial charge in [0.1, 0.15) is 5.75 Å². The monoisotopic (exact) mass is 219 g/mol. The summed E-state index contributed by atoms with van der Waals surface area (Å²) in [7, 11) is 1.63. The molecule has 0 N–H and O–H groups in total. The number of rotatable bonds is 3. The predicted molar refractivity (Wildman–Crippen MR) is 60.2 cm³/mol. The minimum absolute atomic E-state index is 0.318. The Balaban J connectivity index is 2.58. The number of ether oxygens (including phenoxy) is 1. The molecule has 0 radical (unpaired) electrons. The Bertz CT molecular complexity index is 526. The molecule has 76 valence electrons. The summed E-state index contributed by atoms with van der Waals surface area (Å²) in [5, 5.41) is 3.08. The van der Waals surface area contributed by atoms with Crippen molar-refractivity contribution in [3.63, 3.8) is 0 Å². The smallest absolute Gasteiger partial charge is 0.235 e. The number of hydrogen-bond donors (Lipinski definition) is 0. The van der Waals surface area contributed by atoms with Gasteiger partial charge in [-0.3, -0.25) is 0 Å². The summed E-state index contributed by atoms with van der Waals surface area (Å²) in [6.07, 6.45) is 1.53. The van der Waals surface area contributed by atoms with Crippen LogP contribution in [0.1, 0.15) is 5.56 Å². The lowest BCUT2D eigenvalue weighted by atomic mass is 10.1. The third-order valence-corrected chi connectivity index (χ3v) is 3.07. The van der Waals surface area contributed by atoms with Gasteiger partial charge >= 0.3 is 0 Å². The summed E-state index contributed by atoms with van der Waals surface area (Å²) >= 11 is 1.66. The molecule has 15 heavy (non-hydrogen) atoms. The van der Waals surface area contributed by atoms with Gasteiger partial charge in [-0.2, -0.15) is 0 Å². The van der Waals surface area contributed by atoms with Crippen LogP contribution in [0.2, 0.25) is 0 Å². The fraction of sp³-hybridized carbons (Fsp3) is 0.182. The van der Waals surface area contributed by atoms with Crippen LogP contribution in [-0.4, -0.2) is 13.2 Å². The fourth-order valence-corrected chi connectivity index (χ4v) is 2.33. The number of nitrogens with zero attached hydrogens (tertiary/aromatic N) is 1. The molecular weight excluding hydrogens is 210 g/mol. The van der Waals surface area contributed by atoms with E-state index < -0.39 is 0 Å². The Hall–Kier alpha value is -1.64. The second-order valence-electron chi connectivity index (χ2n) is 3.00. The van der Waals surface area contributed by atoms with Gasteiger partial charge in [0.05, 0.1) is 13.7 Å². The van der Waals surface area contributed by atoms with E-state index in [2.05, 4.69) is 4.99 Å². The number of hydrogen-bond acceptors (Lipinski definition) is 4. The minimum Gasteiger partial charge on any atom is -0.496 e. The number of methoxy groups -OCH3 is 1. The van der Waals surface area contributed by atoms with E-state index in [0.29, 0.717) is 6.54 Å². The van der Waals surface area contributed by atoms with Crippen molar-refractivity contribution in [2.24, 2.45) is 4.99 Å². The van der Waals surface area contributed by atoms with Gasteiger partial charge in [-0.05, 0) is 17.5 Å². The molecule has 2 aromatic rings. The highest BCUT2D eigenvalue weighted by atomic mass is 32.1. The van der Waals surface area contributed by atoms with Crippen LogP contribution in [0.25, 0.3) is 10.1 Å². The Kier molecular flexibility index (Phi) is 2.81. The van der Waals surface area contributed by atoms with Gasteiger partial charge in [0, 0.05) is 15.6 Å². The summed E-state index contributed by atoms with van der Waals surface area (Å²) in [5.41, 5.74) is 0.909. The van der Waals surface area contributed by atoms with Crippen LogP contribution in [0.4, 0.5) is 0 Å². The maximum Gasteiger partial charge on any atom is 0.235 e. The second-order valence-corrected chi connectivity index (χ2v) is 3.95. The highest BCUT2D eigenvalue weighted by Gasteiger charge is 2.08. The number of thiophene rings is 1. The zero-order valence-electron chi connectivity index (χ0n) is 8.19. The molecule has 0 aliphatic carbocycles. The fourth-order valence-electron chi connectivity index (χ4n) is 1.55. The van der Waals surface area contributed by atoms with E-state index in [4.69, 9.17) is 4.74 Å². The molecule has 2 rings (SSSR count). The zero-order chi connectivity index (χ0) is 10.7. The molecule has 1 aromatic heterocycles. The van der Waals surface area contributed by atoms with E-state index in [9.17, 15) is 4.79 Å². The van der Waals surface area contributed by atoms with Gasteiger partial charge in [0.25, 0.3) is 0 Å². The van der Waals surface area contributed by atoms with Crippen molar-refractivity contribution in [2.45, 2.75) is 6.54 Å². The van der Waals surface area contributed by atoms with Crippen LogP contribution >= 0.6 is 11.3 Å². The van der Waals surface area contributed by atoms with Crippen LogP contribution in [0.5, 0.6) is 5.75 Å². The molecule has 0 bridgehead atoms. The van der Waals surface area contributed by atoms with E-state index in [0.717, 1.165) is 16.7 Å². The third kappa shape index (κ3) is 1.77. The number of isocyanates is 1. The van der Waals surface area contributed by atoms with Gasteiger partial charge in [0.2, 0.25) is 6.08 Å². The van der Waals surface area contributed by atoms with Crippen molar-refractivity contribution in [1.29, 1.82) is 0 Å². The lowest BCUT2D eigenvalue weighted by Crippen LogP contribution is -1.90. The largest absolute Gasteiger partial charge is 0.496 e. The summed E-state index contributed by atoms with van der Waals surface area (Å²) < 4.78 is 6.50. The van der Waals surface area contributed by atoms with Gasteiger partial charge in [-0.1, -0.05) is 6.07 Å². The zero-order valence-corrected chi connectivity index (χ0v) is 9.00. The topological polar surface area (TPSA) is 38.7 Å². The van der Waals surface area contributed by atoms with E-state index >= 15 is 0 Å². The average Bonchev–Trinajstić information content (AvgIpc) is 2.73. The molecule has 1 heterocycles. The van der Waals surface area contributed by atoms with Crippen LogP contribution in [-0.2, 0) is 11.3 Å². The predicted octanol–water partition coefficient (Wildman–Crippen LogP) is 2.75. The van der Waals surface area contributed by atoms with Gasteiger partial charge < -0.3 is 4.74 Å². The standard InChI is InChI=1S/C11H9NO2S/c1-14-11-8(6-12-7-13)2-3-10-9(11)4-5-15-10/h2-5H,6H2,1H3. The molecule has 0 saturated heterocycles. The Morgan fingerprint density at radius 2 is 2.33 bits per heavy atom. The first kappa shape index (κ1) is 9.90. The van der Waals surface area contributed by atoms with Crippen LogP contribution in [0, 0.1) is 0 Å². The molecule has 0 atom stereocenters. The van der Waals surface area contributed by atoms with E-state index in [-0.39, 0.29) is 0 Å². The summed E-state index contributed by atoms with van der Waals surface area (Å²) in [6, 6.07) is 5.95. The van der Waals surface area contributed by atoms with E-state index in [1.807, 2.05) is 23.6 Å². The van der Waals surface area contributed by atoms with Crippen LogP contribution in [0.3, 0.4) is 0 Å². The molecule has 3 nitrogen and oxygen atoms in total. The van der Waals surface area contributed by atoms with Crippen LogP contribution < -0.4 is 4.74 Å². The molecule has 0 aliphatic heterocycles. The quantitative estimate of drug-likeness (QED) is 0.588. The van der Waals surface area contributed by atoms with E-state index in [1.54, 1.807) is 18.4 Å². The average molecular weight is 219 g/mol. The van der Waals surface area contributed by atoms with Crippen molar-refractivity contribution in [3.8, 4) is 5.75 Å². The first-order valence-electron chi connectivity index (χ1n) is 4.43. The first-order chi connectivity index (χ1) is 7.36. The molecule has 0 aliphatic rings. The highest BCUT2D eigenvalue weighted by Crippen LogP contribution is 2.33. The van der Waals surface area contributed by atoms with Crippen molar-refractivity contribution in [1.82, 2.24) is 0 Å².